The van der Waals surface area contributed by atoms with E-state index in [1.807, 2.05) is 0 Å². The van der Waals surface area contributed by atoms with Crippen molar-refractivity contribution in [3.63, 3.8) is 0 Å². The number of halogens is 3. The maximum Gasteiger partial charge on any atom is 0.411 e. The van der Waals surface area contributed by atoms with E-state index in [9.17, 15) is 18.0 Å². The summed E-state index contributed by atoms with van der Waals surface area (Å²) in [5.41, 5.74) is -0.521. The van der Waals surface area contributed by atoms with Crippen molar-refractivity contribution in [3.05, 3.63) is 16.8 Å². The van der Waals surface area contributed by atoms with Gasteiger partial charge in [0.25, 0.3) is 0 Å². The van der Waals surface area contributed by atoms with Crippen molar-refractivity contribution in [1.82, 2.24) is 14.3 Å². The van der Waals surface area contributed by atoms with Crippen molar-refractivity contribution in [1.29, 1.82) is 0 Å². The first-order valence-electron chi connectivity index (χ1n) is 3.63. The maximum absolute atomic E-state index is 11.6. The highest BCUT2D eigenvalue weighted by Gasteiger charge is 2.27. The molecule has 0 fully saturated rings. The van der Waals surface area contributed by atoms with Crippen LogP contribution >= 0.6 is 0 Å². The van der Waals surface area contributed by atoms with Crippen molar-refractivity contribution >= 4 is 0 Å². The molecule has 0 saturated carbocycles. The molecule has 5 nitrogen and oxygen atoms in total. The standard InChI is InChI=1S/C6H8F3N3O2/c1-11-3-10-12(5(11)13)4-14-2-6(7,8)9/h3H,2,4H2,1H3. The minimum atomic E-state index is -4.39. The van der Waals surface area contributed by atoms with Crippen LogP contribution in [0.5, 0.6) is 0 Å². The molecule has 14 heavy (non-hydrogen) atoms. The highest BCUT2D eigenvalue weighted by atomic mass is 19.4. The Bertz CT molecular complexity index is 354. The molecule has 0 aliphatic carbocycles. The zero-order chi connectivity index (χ0) is 10.8. The van der Waals surface area contributed by atoms with Crippen LogP contribution in [-0.4, -0.2) is 27.1 Å². The van der Waals surface area contributed by atoms with Crippen LogP contribution in [-0.2, 0) is 18.5 Å². The molecule has 0 radical (unpaired) electrons. The maximum atomic E-state index is 11.6. The van der Waals surface area contributed by atoms with Gasteiger partial charge in [0.05, 0.1) is 0 Å². The molecular formula is C6H8F3N3O2. The lowest BCUT2D eigenvalue weighted by atomic mass is 10.7. The Morgan fingerprint density at radius 2 is 2.21 bits per heavy atom. The summed E-state index contributed by atoms with van der Waals surface area (Å²) >= 11 is 0. The fourth-order valence-corrected chi connectivity index (χ4v) is 0.757. The Balaban J connectivity index is 2.47. The molecule has 0 aromatic carbocycles. The predicted molar refractivity (Wildman–Crippen MR) is 39.5 cm³/mol. The van der Waals surface area contributed by atoms with E-state index in [4.69, 9.17) is 0 Å². The van der Waals surface area contributed by atoms with Gasteiger partial charge in [-0.15, -0.1) is 0 Å². The molecule has 1 heterocycles. The summed E-state index contributed by atoms with van der Waals surface area (Å²) in [6, 6.07) is 0. The number of ether oxygens (including phenoxy) is 1. The van der Waals surface area contributed by atoms with Gasteiger partial charge < -0.3 is 4.74 Å². The van der Waals surface area contributed by atoms with E-state index in [1.165, 1.54) is 13.4 Å². The normalized spacial score (nSPS) is 12.0. The summed E-state index contributed by atoms with van der Waals surface area (Å²) in [5, 5.41) is 3.51. The number of rotatable bonds is 3. The molecule has 1 rings (SSSR count). The number of alkyl halides is 3. The van der Waals surface area contributed by atoms with E-state index in [1.54, 1.807) is 0 Å². The van der Waals surface area contributed by atoms with Gasteiger partial charge in [-0.3, -0.25) is 4.57 Å². The fraction of sp³-hybridized carbons (Fsp3) is 0.667. The van der Waals surface area contributed by atoms with Crippen molar-refractivity contribution in [2.24, 2.45) is 7.05 Å². The second-order valence-corrected chi connectivity index (χ2v) is 2.62. The van der Waals surface area contributed by atoms with Gasteiger partial charge in [0.2, 0.25) is 0 Å². The molecule has 0 spiro atoms. The van der Waals surface area contributed by atoms with Crippen LogP contribution in [0.2, 0.25) is 0 Å². The third-order valence-electron chi connectivity index (χ3n) is 1.37. The summed E-state index contributed by atoms with van der Waals surface area (Å²) in [6.07, 6.45) is -3.20. The van der Waals surface area contributed by atoms with Gasteiger partial charge in [-0.05, 0) is 0 Å². The topological polar surface area (TPSA) is 49.0 Å². The number of aromatic nitrogens is 3. The Hall–Kier alpha value is -1.31. The predicted octanol–water partition coefficient (Wildman–Crippen LogP) is 0.118. The Morgan fingerprint density at radius 1 is 1.57 bits per heavy atom. The van der Waals surface area contributed by atoms with Gasteiger partial charge in [-0.1, -0.05) is 0 Å². The molecule has 0 aliphatic heterocycles. The van der Waals surface area contributed by atoms with Crippen LogP contribution in [0.25, 0.3) is 0 Å². The highest BCUT2D eigenvalue weighted by Crippen LogP contribution is 2.14. The van der Waals surface area contributed by atoms with Gasteiger partial charge in [0.15, 0.2) is 0 Å². The smallest absolute Gasteiger partial charge is 0.350 e. The minimum Gasteiger partial charge on any atom is -0.350 e. The fourth-order valence-electron chi connectivity index (χ4n) is 0.757. The summed E-state index contributed by atoms with van der Waals surface area (Å²) in [7, 11) is 1.44. The Labute approximate surface area is 76.7 Å². The van der Waals surface area contributed by atoms with Gasteiger partial charge in [0, 0.05) is 7.05 Å². The third-order valence-corrected chi connectivity index (χ3v) is 1.37. The van der Waals surface area contributed by atoms with Crippen LogP contribution < -0.4 is 5.69 Å². The van der Waals surface area contributed by atoms with Crippen LogP contribution in [0, 0.1) is 0 Å². The first-order valence-corrected chi connectivity index (χ1v) is 3.63. The molecule has 0 bridgehead atoms. The van der Waals surface area contributed by atoms with Crippen LogP contribution in [0.1, 0.15) is 0 Å². The van der Waals surface area contributed by atoms with Gasteiger partial charge in [0.1, 0.15) is 19.7 Å². The van der Waals surface area contributed by atoms with E-state index in [-0.39, 0.29) is 0 Å². The number of aryl methyl sites for hydroxylation is 1. The quantitative estimate of drug-likeness (QED) is 0.713. The molecule has 1 aromatic heterocycles. The molecule has 8 heteroatoms. The second-order valence-electron chi connectivity index (χ2n) is 2.62. The molecule has 0 aliphatic rings. The van der Waals surface area contributed by atoms with Gasteiger partial charge in [-0.2, -0.15) is 23.0 Å². The molecule has 1 aromatic rings. The number of hydrogen-bond acceptors (Lipinski definition) is 3. The summed E-state index contributed by atoms with van der Waals surface area (Å²) in [4.78, 5) is 11.0. The molecule has 0 unspecified atom stereocenters. The van der Waals surface area contributed by atoms with E-state index in [0.717, 1.165) is 9.25 Å². The zero-order valence-electron chi connectivity index (χ0n) is 7.28. The van der Waals surface area contributed by atoms with Crippen molar-refractivity contribution in [3.8, 4) is 0 Å². The lowest BCUT2D eigenvalue weighted by Crippen LogP contribution is -2.26. The van der Waals surface area contributed by atoms with E-state index in [2.05, 4.69) is 9.84 Å². The van der Waals surface area contributed by atoms with Crippen LogP contribution in [0.15, 0.2) is 11.1 Å². The molecule has 0 N–H and O–H groups in total. The van der Waals surface area contributed by atoms with Crippen molar-refractivity contribution in [2.45, 2.75) is 12.9 Å². The first kappa shape index (κ1) is 10.8. The largest absolute Gasteiger partial charge is 0.411 e. The third kappa shape index (κ3) is 2.87. The summed E-state index contributed by atoms with van der Waals surface area (Å²) in [6.45, 7) is -1.89. The van der Waals surface area contributed by atoms with E-state index >= 15 is 0 Å². The number of hydrogen-bond donors (Lipinski definition) is 0. The molecule has 0 saturated heterocycles. The van der Waals surface area contributed by atoms with E-state index < -0.39 is 25.2 Å². The van der Waals surface area contributed by atoms with E-state index in [0.29, 0.717) is 0 Å². The van der Waals surface area contributed by atoms with Crippen molar-refractivity contribution in [2.75, 3.05) is 6.61 Å². The Morgan fingerprint density at radius 3 is 2.64 bits per heavy atom. The SMILES string of the molecule is Cn1cnn(COCC(F)(F)F)c1=O. The summed E-state index contributed by atoms with van der Waals surface area (Å²) < 4.78 is 41.1. The lowest BCUT2D eigenvalue weighted by Gasteiger charge is -2.06. The van der Waals surface area contributed by atoms with Crippen LogP contribution in [0.4, 0.5) is 13.2 Å². The average Bonchev–Trinajstić information content (AvgIpc) is 2.33. The Kier molecular flexibility index (Phi) is 2.94. The zero-order valence-corrected chi connectivity index (χ0v) is 7.28. The minimum absolute atomic E-state index is 0.501. The number of nitrogens with zero attached hydrogens (tertiary/aromatic N) is 3. The highest BCUT2D eigenvalue weighted by molar-refractivity contribution is 4.63. The van der Waals surface area contributed by atoms with Crippen LogP contribution in [0.3, 0.4) is 0 Å². The first-order chi connectivity index (χ1) is 6.40. The summed E-state index contributed by atoms with van der Waals surface area (Å²) in [5.74, 6) is 0. The van der Waals surface area contributed by atoms with Gasteiger partial charge >= 0.3 is 11.9 Å². The average molecular weight is 211 g/mol. The van der Waals surface area contributed by atoms with Crippen molar-refractivity contribution < 1.29 is 17.9 Å². The lowest BCUT2D eigenvalue weighted by molar-refractivity contribution is -0.182. The molecule has 0 atom stereocenters. The van der Waals surface area contributed by atoms with Gasteiger partial charge in [-0.25, -0.2) is 4.79 Å². The monoisotopic (exact) mass is 211 g/mol. The second kappa shape index (κ2) is 3.82. The molecular weight excluding hydrogens is 203 g/mol. The molecule has 0 amide bonds. The molecule has 80 valence electrons.